The van der Waals surface area contributed by atoms with E-state index in [1.807, 2.05) is 6.92 Å². The molecule has 1 saturated heterocycles. The van der Waals surface area contributed by atoms with Gasteiger partial charge in [0.25, 0.3) is 0 Å². The number of imidazole rings is 1. The third-order valence-corrected chi connectivity index (χ3v) is 5.51. The van der Waals surface area contributed by atoms with Crippen molar-refractivity contribution in [2.45, 2.75) is 64.2 Å². The summed E-state index contributed by atoms with van der Waals surface area (Å²) in [6.45, 7) is 5.40. The van der Waals surface area contributed by atoms with E-state index in [0.29, 0.717) is 0 Å². The SMILES string of the molecule is CCCCCC(C)C(=O)O[C@H]1[C@H](n2cnc3c(N)nc(F)nc32)CO[C@]1(C)CO. The molecule has 0 aromatic carbocycles. The number of anilines is 1. The first kappa shape index (κ1) is 21.4. The number of nitrogen functional groups attached to an aromatic ring is 1. The van der Waals surface area contributed by atoms with Crippen LogP contribution < -0.4 is 5.73 Å². The molecule has 10 heteroatoms. The van der Waals surface area contributed by atoms with Crippen LogP contribution >= 0.6 is 0 Å². The lowest BCUT2D eigenvalue weighted by Gasteiger charge is -2.31. The largest absolute Gasteiger partial charge is 0.457 e. The van der Waals surface area contributed by atoms with Crippen molar-refractivity contribution in [1.82, 2.24) is 19.5 Å². The number of aromatic nitrogens is 4. The third kappa shape index (κ3) is 4.18. The van der Waals surface area contributed by atoms with Crippen molar-refractivity contribution in [2.75, 3.05) is 18.9 Å². The van der Waals surface area contributed by atoms with Gasteiger partial charge in [-0.3, -0.25) is 4.79 Å². The number of halogens is 1. The Bertz CT molecular complexity index is 876. The molecule has 29 heavy (non-hydrogen) atoms. The van der Waals surface area contributed by atoms with E-state index in [9.17, 15) is 14.3 Å². The van der Waals surface area contributed by atoms with Crippen molar-refractivity contribution in [2.24, 2.45) is 5.92 Å². The molecule has 0 spiro atoms. The number of rotatable bonds is 8. The summed E-state index contributed by atoms with van der Waals surface area (Å²) >= 11 is 0. The molecular weight excluding hydrogens is 381 g/mol. The molecule has 9 nitrogen and oxygen atoms in total. The minimum atomic E-state index is -1.10. The number of nitrogens with two attached hydrogens (primary N) is 1. The number of aliphatic hydroxyl groups is 1. The van der Waals surface area contributed by atoms with Gasteiger partial charge in [0.05, 0.1) is 31.5 Å². The molecule has 0 saturated carbocycles. The van der Waals surface area contributed by atoms with Crippen LogP contribution in [0.4, 0.5) is 10.2 Å². The fraction of sp³-hybridized carbons (Fsp3) is 0.684. The fourth-order valence-electron chi connectivity index (χ4n) is 3.63. The summed E-state index contributed by atoms with van der Waals surface area (Å²) in [5.41, 5.74) is 5.07. The van der Waals surface area contributed by atoms with E-state index in [-0.39, 0.29) is 42.1 Å². The van der Waals surface area contributed by atoms with Crippen LogP contribution in [0.3, 0.4) is 0 Å². The van der Waals surface area contributed by atoms with Crippen LogP contribution in [0.2, 0.25) is 0 Å². The van der Waals surface area contributed by atoms with E-state index in [0.717, 1.165) is 25.7 Å². The number of ether oxygens (including phenoxy) is 2. The first-order chi connectivity index (χ1) is 13.8. The van der Waals surface area contributed by atoms with E-state index in [1.54, 1.807) is 11.5 Å². The van der Waals surface area contributed by atoms with Gasteiger partial charge in [-0.05, 0) is 13.3 Å². The van der Waals surface area contributed by atoms with Crippen LogP contribution in [0.15, 0.2) is 6.33 Å². The van der Waals surface area contributed by atoms with Crippen LogP contribution in [0.5, 0.6) is 0 Å². The molecule has 0 radical (unpaired) electrons. The standard InChI is InChI=1S/C19H28FN5O4/c1-4-5-6-7-11(2)17(27)29-14-12(8-28-19(14,3)9-26)25-10-22-13-15(21)23-18(20)24-16(13)25/h10-12,14,26H,4-9H2,1-3H3,(H2,21,23,24)/t11?,12-,14+,19-/m1/s1. The van der Waals surface area contributed by atoms with Gasteiger partial charge in [0.2, 0.25) is 0 Å². The molecular formula is C19H28FN5O4. The molecule has 2 aromatic heterocycles. The first-order valence-electron chi connectivity index (χ1n) is 9.91. The molecule has 3 heterocycles. The highest BCUT2D eigenvalue weighted by Crippen LogP contribution is 2.38. The Balaban J connectivity index is 1.88. The highest BCUT2D eigenvalue weighted by molar-refractivity contribution is 5.81. The summed E-state index contributed by atoms with van der Waals surface area (Å²) in [5.74, 6) is -0.708. The number of aliphatic hydroxyl groups excluding tert-OH is 1. The number of fused-ring (bicyclic) bond motifs is 1. The van der Waals surface area contributed by atoms with Crippen LogP contribution in [-0.4, -0.2) is 55.5 Å². The molecule has 3 N–H and O–H groups in total. The molecule has 2 aromatic rings. The van der Waals surface area contributed by atoms with Crippen molar-refractivity contribution in [1.29, 1.82) is 0 Å². The van der Waals surface area contributed by atoms with Gasteiger partial charge in [-0.2, -0.15) is 14.4 Å². The summed E-state index contributed by atoms with van der Waals surface area (Å²) in [6.07, 6.45) is 3.45. The molecule has 0 amide bonds. The minimum Gasteiger partial charge on any atom is -0.457 e. The molecule has 0 bridgehead atoms. The smallest absolute Gasteiger partial charge is 0.312 e. The monoisotopic (exact) mass is 409 g/mol. The zero-order valence-corrected chi connectivity index (χ0v) is 17.0. The molecule has 0 aliphatic carbocycles. The van der Waals surface area contributed by atoms with Gasteiger partial charge < -0.3 is 24.9 Å². The molecule has 160 valence electrons. The predicted octanol–water partition coefficient (Wildman–Crippen LogP) is 2.00. The second-order valence-electron chi connectivity index (χ2n) is 7.81. The lowest BCUT2D eigenvalue weighted by Crippen LogP contribution is -2.46. The van der Waals surface area contributed by atoms with Crippen molar-refractivity contribution in [3.63, 3.8) is 0 Å². The highest BCUT2D eigenvalue weighted by Gasteiger charge is 2.50. The first-order valence-corrected chi connectivity index (χ1v) is 9.91. The second kappa shape index (κ2) is 8.58. The number of unbranched alkanes of at least 4 members (excludes halogenated alkanes) is 2. The van der Waals surface area contributed by atoms with Crippen LogP contribution in [0.1, 0.15) is 52.5 Å². The number of carbonyl (C=O) groups excluding carboxylic acids is 1. The van der Waals surface area contributed by atoms with Gasteiger partial charge in [0.15, 0.2) is 17.6 Å². The fourth-order valence-corrected chi connectivity index (χ4v) is 3.63. The quantitative estimate of drug-likeness (QED) is 0.385. The Morgan fingerprint density at radius 1 is 1.52 bits per heavy atom. The van der Waals surface area contributed by atoms with E-state index < -0.39 is 23.8 Å². The Hall–Kier alpha value is -2.33. The third-order valence-electron chi connectivity index (χ3n) is 5.51. The molecule has 1 aliphatic heterocycles. The van der Waals surface area contributed by atoms with Crippen molar-refractivity contribution < 1.29 is 23.8 Å². The molecule has 3 rings (SSSR count). The van der Waals surface area contributed by atoms with E-state index in [4.69, 9.17) is 15.2 Å². The van der Waals surface area contributed by atoms with Gasteiger partial charge in [0.1, 0.15) is 11.1 Å². The number of nitrogens with zero attached hydrogens (tertiary/aromatic N) is 4. The van der Waals surface area contributed by atoms with Crippen LogP contribution in [-0.2, 0) is 14.3 Å². The topological polar surface area (TPSA) is 125 Å². The molecule has 1 fully saturated rings. The minimum absolute atomic E-state index is 0.0758. The number of hydrogen-bond donors (Lipinski definition) is 2. The summed E-state index contributed by atoms with van der Waals surface area (Å²) in [6, 6.07) is -0.544. The van der Waals surface area contributed by atoms with E-state index in [2.05, 4.69) is 21.9 Å². The Morgan fingerprint density at radius 3 is 2.97 bits per heavy atom. The molecule has 1 unspecified atom stereocenters. The van der Waals surface area contributed by atoms with Crippen molar-refractivity contribution in [3.05, 3.63) is 12.4 Å². The number of carbonyl (C=O) groups is 1. The highest BCUT2D eigenvalue weighted by atomic mass is 19.1. The van der Waals surface area contributed by atoms with Gasteiger partial charge in [0, 0.05) is 0 Å². The number of esters is 1. The van der Waals surface area contributed by atoms with Crippen LogP contribution in [0.25, 0.3) is 11.2 Å². The maximum atomic E-state index is 13.7. The number of hydrogen-bond acceptors (Lipinski definition) is 8. The Morgan fingerprint density at radius 2 is 2.28 bits per heavy atom. The lowest BCUT2D eigenvalue weighted by atomic mass is 9.96. The van der Waals surface area contributed by atoms with Crippen LogP contribution in [0, 0.1) is 12.0 Å². The summed E-state index contributed by atoms with van der Waals surface area (Å²) in [4.78, 5) is 24.1. The Kier molecular flexibility index (Phi) is 6.33. The summed E-state index contributed by atoms with van der Waals surface area (Å²) < 4.78 is 26.9. The summed E-state index contributed by atoms with van der Waals surface area (Å²) in [5, 5.41) is 9.89. The molecule has 1 aliphatic rings. The normalized spacial score (nSPS) is 25.4. The zero-order valence-electron chi connectivity index (χ0n) is 17.0. The van der Waals surface area contributed by atoms with Gasteiger partial charge in [-0.1, -0.05) is 33.1 Å². The summed E-state index contributed by atoms with van der Waals surface area (Å²) in [7, 11) is 0. The van der Waals surface area contributed by atoms with Gasteiger partial charge >= 0.3 is 12.0 Å². The maximum absolute atomic E-state index is 13.7. The van der Waals surface area contributed by atoms with E-state index >= 15 is 0 Å². The van der Waals surface area contributed by atoms with Gasteiger partial charge in [-0.25, -0.2) is 4.98 Å². The van der Waals surface area contributed by atoms with Crippen molar-refractivity contribution in [3.8, 4) is 0 Å². The maximum Gasteiger partial charge on any atom is 0.312 e. The molecule has 4 atom stereocenters. The average molecular weight is 409 g/mol. The second-order valence-corrected chi connectivity index (χ2v) is 7.81. The predicted molar refractivity (Wildman–Crippen MR) is 103 cm³/mol. The Labute approximate surface area is 168 Å². The zero-order chi connectivity index (χ0) is 21.2. The van der Waals surface area contributed by atoms with Gasteiger partial charge in [-0.15, -0.1) is 0 Å². The van der Waals surface area contributed by atoms with Crippen molar-refractivity contribution >= 4 is 23.0 Å². The lowest BCUT2D eigenvalue weighted by molar-refractivity contribution is -0.166. The average Bonchev–Trinajstić information content (AvgIpc) is 3.24. The van der Waals surface area contributed by atoms with E-state index in [1.165, 1.54) is 6.33 Å².